The van der Waals surface area contributed by atoms with E-state index >= 15 is 0 Å². The molecule has 1 aromatic heterocycles. The zero-order chi connectivity index (χ0) is 20.1. The smallest absolute Gasteiger partial charge is 0.338 e. The summed E-state index contributed by atoms with van der Waals surface area (Å²) in [5, 5.41) is 2.11. The number of hydrogen-bond acceptors (Lipinski definition) is 7. The first-order valence-electron chi connectivity index (χ1n) is 9.18. The number of hydrogen-bond donors (Lipinski definition) is 0. The molecule has 6 nitrogen and oxygen atoms in total. The van der Waals surface area contributed by atoms with Crippen LogP contribution in [0.4, 0.5) is 0 Å². The molecule has 1 aliphatic rings. The molecule has 2 heterocycles. The predicted molar refractivity (Wildman–Crippen MR) is 105 cm³/mol. The minimum absolute atomic E-state index is 0.205. The number of carbonyl (C=O) groups is 2. The fourth-order valence-electron chi connectivity index (χ4n) is 3.28. The Bertz CT molecular complexity index is 850. The monoisotopic (exact) mass is 404 g/mol. The number of ether oxygens (including phenoxy) is 4. The molecule has 7 heteroatoms. The largest absolute Gasteiger partial charge is 0.465 e. The molecule has 0 saturated carbocycles. The average Bonchev–Trinajstić information content (AvgIpc) is 3.41. The van der Waals surface area contributed by atoms with Crippen LogP contribution in [0.25, 0.3) is 0 Å². The van der Waals surface area contributed by atoms with Crippen LogP contribution in [-0.4, -0.2) is 39.4 Å². The van der Waals surface area contributed by atoms with Gasteiger partial charge in [0.05, 0.1) is 43.4 Å². The maximum Gasteiger partial charge on any atom is 0.338 e. The summed E-state index contributed by atoms with van der Waals surface area (Å²) in [5.41, 5.74) is 2.55. The van der Waals surface area contributed by atoms with Crippen molar-refractivity contribution in [3.05, 3.63) is 56.8 Å². The van der Waals surface area contributed by atoms with E-state index in [1.165, 1.54) is 19.8 Å². The van der Waals surface area contributed by atoms with Crippen LogP contribution in [0.15, 0.2) is 29.6 Å². The summed E-state index contributed by atoms with van der Waals surface area (Å²) in [6.45, 7) is 3.29. The van der Waals surface area contributed by atoms with Crippen LogP contribution >= 0.6 is 11.3 Å². The quantitative estimate of drug-likeness (QED) is 0.655. The first-order chi connectivity index (χ1) is 13.5. The van der Waals surface area contributed by atoms with Gasteiger partial charge in [-0.2, -0.15) is 0 Å². The third kappa shape index (κ3) is 4.11. The molecule has 1 saturated heterocycles. The summed E-state index contributed by atoms with van der Waals surface area (Å²) in [7, 11) is 2.58. The van der Waals surface area contributed by atoms with Crippen LogP contribution in [0.2, 0.25) is 0 Å². The molecule has 28 heavy (non-hydrogen) atoms. The molecule has 0 radical (unpaired) electrons. The molecule has 150 valence electrons. The van der Waals surface area contributed by atoms with Gasteiger partial charge >= 0.3 is 11.9 Å². The number of benzene rings is 1. The van der Waals surface area contributed by atoms with E-state index in [4.69, 9.17) is 18.9 Å². The van der Waals surface area contributed by atoms with Gasteiger partial charge in [-0.25, -0.2) is 9.59 Å². The first-order valence-corrected chi connectivity index (χ1v) is 10.1. The Balaban J connectivity index is 1.74. The van der Waals surface area contributed by atoms with Crippen LogP contribution < -0.4 is 0 Å². The van der Waals surface area contributed by atoms with E-state index < -0.39 is 17.7 Å². The molecule has 2 aromatic rings. The SMILES string of the molecule is CCC1(c2cc(CCc3ccc(C(=O)OC)c(C(=O)OC)c3)cs2)OCCO1. The molecule has 0 bridgehead atoms. The van der Waals surface area contributed by atoms with Crippen LogP contribution in [0.3, 0.4) is 0 Å². The Labute approximate surface area is 168 Å². The zero-order valence-electron chi connectivity index (χ0n) is 16.3. The summed E-state index contributed by atoms with van der Waals surface area (Å²) in [6.07, 6.45) is 2.29. The van der Waals surface area contributed by atoms with Crippen molar-refractivity contribution in [2.75, 3.05) is 27.4 Å². The second kappa shape index (κ2) is 8.86. The molecule has 0 unspecified atom stereocenters. The number of esters is 2. The topological polar surface area (TPSA) is 71.1 Å². The minimum atomic E-state index is -0.608. The number of methoxy groups -OCH3 is 2. The fraction of sp³-hybridized carbons (Fsp3) is 0.429. The predicted octanol–water partition coefficient (Wildman–Crippen LogP) is 3.72. The first kappa shape index (κ1) is 20.5. The Kier molecular flexibility index (Phi) is 6.49. The summed E-state index contributed by atoms with van der Waals surface area (Å²) in [6, 6.07) is 7.27. The third-order valence-corrected chi connectivity index (χ3v) is 5.95. The molecule has 3 rings (SSSR count). The third-order valence-electron chi connectivity index (χ3n) is 4.85. The molecule has 1 aliphatic heterocycles. The van der Waals surface area contributed by atoms with Gasteiger partial charge in [0.1, 0.15) is 0 Å². The van der Waals surface area contributed by atoms with Crippen molar-refractivity contribution in [3.8, 4) is 0 Å². The highest BCUT2D eigenvalue weighted by molar-refractivity contribution is 7.10. The Morgan fingerprint density at radius 3 is 2.29 bits per heavy atom. The molecule has 0 spiro atoms. The van der Waals surface area contributed by atoms with Crippen molar-refractivity contribution in [2.24, 2.45) is 0 Å². The summed E-state index contributed by atoms with van der Waals surface area (Å²) in [4.78, 5) is 25.0. The van der Waals surface area contributed by atoms with Gasteiger partial charge in [-0.15, -0.1) is 11.3 Å². The summed E-state index contributed by atoms with van der Waals surface area (Å²) in [5.74, 6) is -1.72. The fourth-order valence-corrected chi connectivity index (χ4v) is 4.41. The number of carbonyl (C=O) groups excluding carboxylic acids is 2. The van der Waals surface area contributed by atoms with Crippen LogP contribution in [-0.2, 0) is 37.6 Å². The molecule has 1 fully saturated rings. The lowest BCUT2D eigenvalue weighted by molar-refractivity contribution is -0.164. The lowest BCUT2D eigenvalue weighted by Crippen LogP contribution is -2.24. The summed E-state index contributed by atoms with van der Waals surface area (Å²) < 4.78 is 21.2. The molecule has 1 aromatic carbocycles. The molecule has 0 aliphatic carbocycles. The van der Waals surface area contributed by atoms with Gasteiger partial charge in [0.2, 0.25) is 5.79 Å². The van der Waals surface area contributed by atoms with Gasteiger partial charge in [0.25, 0.3) is 0 Å². The van der Waals surface area contributed by atoms with E-state index in [9.17, 15) is 9.59 Å². The molecule has 0 amide bonds. The lowest BCUT2D eigenvalue weighted by Gasteiger charge is -2.24. The van der Waals surface area contributed by atoms with Gasteiger partial charge in [-0.05, 0) is 47.5 Å². The molecular weight excluding hydrogens is 380 g/mol. The zero-order valence-corrected chi connectivity index (χ0v) is 17.1. The van der Waals surface area contributed by atoms with Gasteiger partial charge in [-0.3, -0.25) is 0 Å². The van der Waals surface area contributed by atoms with Gasteiger partial charge in [-0.1, -0.05) is 13.0 Å². The highest BCUT2D eigenvalue weighted by Crippen LogP contribution is 2.38. The maximum absolute atomic E-state index is 12.0. The van der Waals surface area contributed by atoms with Crippen molar-refractivity contribution < 1.29 is 28.5 Å². The van der Waals surface area contributed by atoms with Gasteiger partial charge in [0.15, 0.2) is 0 Å². The van der Waals surface area contributed by atoms with Crippen LogP contribution in [0.1, 0.15) is 50.1 Å². The minimum Gasteiger partial charge on any atom is -0.465 e. The van der Waals surface area contributed by atoms with E-state index in [0.717, 1.165) is 29.7 Å². The normalized spacial score (nSPS) is 15.4. The van der Waals surface area contributed by atoms with E-state index in [1.807, 2.05) is 6.07 Å². The maximum atomic E-state index is 12.0. The summed E-state index contributed by atoms with van der Waals surface area (Å²) >= 11 is 1.64. The standard InChI is InChI=1S/C21H24O6S/c1-4-21(26-9-10-27-21)18-12-15(13-28-18)6-5-14-7-8-16(19(22)24-2)17(11-14)20(23)25-3/h7-8,11-13H,4-6,9-10H2,1-3H3. The van der Waals surface area contributed by atoms with Crippen LogP contribution in [0.5, 0.6) is 0 Å². The van der Waals surface area contributed by atoms with Crippen molar-refractivity contribution in [3.63, 3.8) is 0 Å². The highest BCUT2D eigenvalue weighted by atomic mass is 32.1. The van der Waals surface area contributed by atoms with Crippen molar-refractivity contribution >= 4 is 23.3 Å². The second-order valence-corrected chi connectivity index (χ2v) is 7.40. The molecular formula is C21H24O6S. The van der Waals surface area contributed by atoms with E-state index in [0.29, 0.717) is 13.2 Å². The van der Waals surface area contributed by atoms with E-state index in [-0.39, 0.29) is 11.1 Å². The molecule has 0 atom stereocenters. The van der Waals surface area contributed by atoms with Gasteiger partial charge in [0, 0.05) is 6.42 Å². The van der Waals surface area contributed by atoms with Crippen molar-refractivity contribution in [1.82, 2.24) is 0 Å². The highest BCUT2D eigenvalue weighted by Gasteiger charge is 2.38. The average molecular weight is 404 g/mol. The van der Waals surface area contributed by atoms with E-state index in [1.54, 1.807) is 23.5 Å². The van der Waals surface area contributed by atoms with Crippen LogP contribution in [0, 0.1) is 0 Å². The number of rotatable bonds is 7. The number of aryl methyl sites for hydroxylation is 2. The number of thiophene rings is 1. The van der Waals surface area contributed by atoms with Crippen molar-refractivity contribution in [2.45, 2.75) is 32.0 Å². The Hall–Kier alpha value is -2.22. The second-order valence-electron chi connectivity index (χ2n) is 6.49. The molecule has 0 N–H and O–H groups in total. The Morgan fingerprint density at radius 2 is 1.64 bits per heavy atom. The van der Waals surface area contributed by atoms with E-state index in [2.05, 4.69) is 18.4 Å². The van der Waals surface area contributed by atoms with Gasteiger partial charge < -0.3 is 18.9 Å². The Morgan fingerprint density at radius 1 is 1.00 bits per heavy atom. The lowest BCUT2D eigenvalue weighted by atomic mass is 9.99. The van der Waals surface area contributed by atoms with Crippen molar-refractivity contribution in [1.29, 1.82) is 0 Å².